The Morgan fingerprint density at radius 1 is 1.38 bits per heavy atom. The molecule has 1 saturated heterocycles. The Labute approximate surface area is 141 Å². The van der Waals surface area contributed by atoms with Crippen LogP contribution in [0.25, 0.3) is 0 Å². The van der Waals surface area contributed by atoms with Gasteiger partial charge in [-0.15, -0.1) is 0 Å². The molecule has 1 aromatic carbocycles. The van der Waals surface area contributed by atoms with E-state index in [4.69, 9.17) is 4.74 Å². The molecule has 2 aliphatic rings. The van der Waals surface area contributed by atoms with E-state index in [9.17, 15) is 14.3 Å². The van der Waals surface area contributed by atoms with Gasteiger partial charge in [-0.3, -0.25) is 0 Å². The van der Waals surface area contributed by atoms with Gasteiger partial charge < -0.3 is 20.5 Å². The van der Waals surface area contributed by atoms with Crippen molar-refractivity contribution in [3.8, 4) is 0 Å². The Bertz CT molecular complexity index is 588. The molecular formula is C18H25FN2O3. The Balaban J connectivity index is 1.58. The molecule has 5 nitrogen and oxygen atoms in total. The highest BCUT2D eigenvalue weighted by atomic mass is 19.1. The van der Waals surface area contributed by atoms with Crippen molar-refractivity contribution in [2.75, 3.05) is 26.4 Å². The fourth-order valence-electron chi connectivity index (χ4n) is 3.61. The number of carbonyl (C=O) groups is 1. The highest BCUT2D eigenvalue weighted by molar-refractivity contribution is 5.74. The van der Waals surface area contributed by atoms with E-state index in [-0.39, 0.29) is 29.9 Å². The SMILES string of the molecule is O=C(NCC1(CO)CCOCC1)NC1CCCc2cc(F)ccc21. The van der Waals surface area contributed by atoms with E-state index in [0.29, 0.717) is 19.8 Å². The maximum atomic E-state index is 13.4. The van der Waals surface area contributed by atoms with Crippen LogP contribution in [-0.2, 0) is 11.2 Å². The lowest BCUT2D eigenvalue weighted by atomic mass is 9.81. The minimum absolute atomic E-state index is 0.0438. The van der Waals surface area contributed by atoms with Crippen LogP contribution < -0.4 is 10.6 Å². The number of hydrogen-bond acceptors (Lipinski definition) is 3. The maximum Gasteiger partial charge on any atom is 0.315 e. The fraction of sp³-hybridized carbons (Fsp3) is 0.611. The van der Waals surface area contributed by atoms with Gasteiger partial charge >= 0.3 is 6.03 Å². The van der Waals surface area contributed by atoms with Crippen molar-refractivity contribution < 1.29 is 19.0 Å². The lowest BCUT2D eigenvalue weighted by Gasteiger charge is -2.35. The van der Waals surface area contributed by atoms with Crippen molar-refractivity contribution in [3.05, 3.63) is 35.1 Å². The van der Waals surface area contributed by atoms with E-state index in [1.807, 2.05) is 0 Å². The molecule has 6 heteroatoms. The van der Waals surface area contributed by atoms with Gasteiger partial charge in [0.15, 0.2) is 0 Å². The first-order valence-corrected chi connectivity index (χ1v) is 8.63. The van der Waals surface area contributed by atoms with Crippen molar-refractivity contribution in [2.24, 2.45) is 5.41 Å². The Morgan fingerprint density at radius 3 is 2.92 bits per heavy atom. The number of aryl methyl sites for hydroxylation is 1. The van der Waals surface area contributed by atoms with Crippen LogP contribution in [0.15, 0.2) is 18.2 Å². The minimum Gasteiger partial charge on any atom is -0.396 e. The van der Waals surface area contributed by atoms with E-state index in [1.165, 1.54) is 6.07 Å². The number of urea groups is 1. The van der Waals surface area contributed by atoms with Crippen LogP contribution in [0.5, 0.6) is 0 Å². The van der Waals surface area contributed by atoms with Crippen LogP contribution >= 0.6 is 0 Å². The third-order valence-corrected chi connectivity index (χ3v) is 5.24. The number of ether oxygens (including phenoxy) is 1. The van der Waals surface area contributed by atoms with Gasteiger partial charge in [-0.05, 0) is 55.4 Å². The molecule has 0 saturated carbocycles. The molecule has 0 aromatic heterocycles. The topological polar surface area (TPSA) is 70.6 Å². The first-order valence-electron chi connectivity index (χ1n) is 8.63. The summed E-state index contributed by atoms with van der Waals surface area (Å²) in [6.07, 6.45) is 4.12. The average molecular weight is 336 g/mol. The molecule has 1 aromatic rings. The Kier molecular flexibility index (Phi) is 5.36. The van der Waals surface area contributed by atoms with Gasteiger partial charge in [0.2, 0.25) is 0 Å². The van der Waals surface area contributed by atoms with Crippen LogP contribution in [0.2, 0.25) is 0 Å². The molecule has 3 rings (SSSR count). The standard InChI is InChI=1S/C18H25FN2O3/c19-14-4-5-15-13(10-14)2-1-3-16(15)21-17(23)20-11-18(12-22)6-8-24-9-7-18/h4-5,10,16,22H,1-3,6-9,11-12H2,(H2,20,21,23). The van der Waals surface area contributed by atoms with Crippen molar-refractivity contribution in [1.82, 2.24) is 10.6 Å². The summed E-state index contributed by atoms with van der Waals surface area (Å²) in [4.78, 5) is 12.3. The van der Waals surface area contributed by atoms with Crippen LogP contribution in [0.4, 0.5) is 9.18 Å². The molecule has 0 spiro atoms. The number of aliphatic hydroxyl groups excluding tert-OH is 1. The Hall–Kier alpha value is -1.66. The fourth-order valence-corrected chi connectivity index (χ4v) is 3.61. The minimum atomic E-state index is -0.289. The van der Waals surface area contributed by atoms with E-state index in [2.05, 4.69) is 10.6 Å². The molecule has 2 amide bonds. The molecule has 0 radical (unpaired) electrons. The lowest BCUT2D eigenvalue weighted by molar-refractivity contribution is -0.0139. The average Bonchev–Trinajstić information content (AvgIpc) is 2.61. The summed E-state index contributed by atoms with van der Waals surface area (Å²) in [5.41, 5.74) is 1.69. The summed E-state index contributed by atoms with van der Waals surface area (Å²) in [7, 11) is 0. The van der Waals surface area contributed by atoms with Gasteiger partial charge in [-0.25, -0.2) is 9.18 Å². The second kappa shape index (κ2) is 7.49. The number of hydrogen-bond donors (Lipinski definition) is 3. The molecule has 0 bridgehead atoms. The third-order valence-electron chi connectivity index (χ3n) is 5.24. The highest BCUT2D eigenvalue weighted by Crippen LogP contribution is 2.31. The van der Waals surface area contributed by atoms with Gasteiger partial charge in [-0.1, -0.05) is 6.07 Å². The predicted molar refractivity (Wildman–Crippen MR) is 88.2 cm³/mol. The molecule has 1 fully saturated rings. The predicted octanol–water partition coefficient (Wildman–Crippen LogP) is 2.29. The van der Waals surface area contributed by atoms with Gasteiger partial charge in [0.1, 0.15) is 5.82 Å². The molecule has 24 heavy (non-hydrogen) atoms. The van der Waals surface area contributed by atoms with Gasteiger partial charge in [0, 0.05) is 25.2 Å². The highest BCUT2D eigenvalue weighted by Gasteiger charge is 2.32. The second-order valence-electron chi connectivity index (χ2n) is 6.89. The molecule has 1 aliphatic carbocycles. The molecule has 3 N–H and O–H groups in total. The van der Waals surface area contributed by atoms with Crippen molar-refractivity contribution in [2.45, 2.75) is 38.1 Å². The molecule has 132 valence electrons. The van der Waals surface area contributed by atoms with Crippen molar-refractivity contribution in [1.29, 1.82) is 0 Å². The van der Waals surface area contributed by atoms with Gasteiger partial charge in [-0.2, -0.15) is 0 Å². The third kappa shape index (κ3) is 3.87. The van der Waals surface area contributed by atoms with Gasteiger partial charge in [0.25, 0.3) is 0 Å². The first kappa shape index (κ1) is 17.2. The summed E-state index contributed by atoms with van der Waals surface area (Å²) < 4.78 is 18.7. The largest absolute Gasteiger partial charge is 0.396 e. The zero-order valence-corrected chi connectivity index (χ0v) is 13.8. The van der Waals surface area contributed by atoms with Crippen LogP contribution in [0, 0.1) is 11.2 Å². The number of rotatable bonds is 4. The first-order chi connectivity index (χ1) is 11.6. The lowest BCUT2D eigenvalue weighted by Crippen LogP contribution is -2.47. The smallest absolute Gasteiger partial charge is 0.315 e. The monoisotopic (exact) mass is 336 g/mol. The van der Waals surface area contributed by atoms with E-state index < -0.39 is 0 Å². The number of fused-ring (bicyclic) bond motifs is 1. The summed E-state index contributed by atoms with van der Waals surface area (Å²) in [6, 6.07) is 4.44. The zero-order chi connectivity index (χ0) is 17.0. The van der Waals surface area contributed by atoms with Crippen LogP contribution in [0.1, 0.15) is 42.9 Å². The normalized spacial score (nSPS) is 22.5. The second-order valence-corrected chi connectivity index (χ2v) is 6.89. The number of benzene rings is 1. The summed E-state index contributed by atoms with van der Waals surface area (Å²) in [6.45, 7) is 1.71. The quantitative estimate of drug-likeness (QED) is 0.790. The number of amides is 2. The summed E-state index contributed by atoms with van der Waals surface area (Å²) in [5.74, 6) is -0.233. The van der Waals surface area contributed by atoms with Crippen LogP contribution in [-0.4, -0.2) is 37.5 Å². The van der Waals surface area contributed by atoms with Crippen molar-refractivity contribution in [3.63, 3.8) is 0 Å². The number of aliphatic hydroxyl groups is 1. The number of nitrogens with one attached hydrogen (secondary N) is 2. The van der Waals surface area contributed by atoms with E-state index in [0.717, 1.165) is 43.2 Å². The number of halogens is 1. The van der Waals surface area contributed by atoms with E-state index in [1.54, 1.807) is 12.1 Å². The molecule has 1 atom stereocenters. The zero-order valence-electron chi connectivity index (χ0n) is 13.8. The summed E-state index contributed by atoms with van der Waals surface area (Å²) >= 11 is 0. The molecular weight excluding hydrogens is 311 g/mol. The maximum absolute atomic E-state index is 13.4. The molecule has 1 aliphatic heterocycles. The van der Waals surface area contributed by atoms with E-state index >= 15 is 0 Å². The number of carbonyl (C=O) groups excluding carboxylic acids is 1. The van der Waals surface area contributed by atoms with Gasteiger partial charge in [0.05, 0.1) is 12.6 Å². The Morgan fingerprint density at radius 2 is 2.17 bits per heavy atom. The molecule has 1 heterocycles. The van der Waals surface area contributed by atoms with Crippen LogP contribution in [0.3, 0.4) is 0 Å². The van der Waals surface area contributed by atoms with Crippen molar-refractivity contribution >= 4 is 6.03 Å². The molecule has 1 unspecified atom stereocenters. The summed E-state index contributed by atoms with van der Waals surface area (Å²) in [5, 5.41) is 15.6.